The lowest BCUT2D eigenvalue weighted by atomic mass is 9.94. The number of hydrogen-bond acceptors (Lipinski definition) is 8. The normalized spacial score (nSPS) is 17.2. The zero-order valence-electron chi connectivity index (χ0n) is 18.6. The summed E-state index contributed by atoms with van der Waals surface area (Å²) < 4.78 is 18.1. The maximum atomic E-state index is 12.6. The summed E-state index contributed by atoms with van der Waals surface area (Å²) in [5, 5.41) is 16.1. The third kappa shape index (κ3) is 4.39. The molecule has 1 N–H and O–H groups in total. The van der Waals surface area contributed by atoms with Gasteiger partial charge >= 0.3 is 6.09 Å². The summed E-state index contributed by atoms with van der Waals surface area (Å²) in [5.74, 6) is 0.996. The standard InChI is InChI=1S/C22H27N5O5/c1-22(2,3)32-21(28)26-7-5-6-14(12-26)18-9-19(30-4)27-20(25-18)17(11-23-27)15-8-16(10-24-29)31-13-15/h8-11,13-14,29H,5-7,12H2,1-4H3/b24-10-. The number of nitrogens with zero attached hydrogens (tertiary/aromatic N) is 5. The molecule has 1 atom stereocenters. The lowest BCUT2D eigenvalue weighted by molar-refractivity contribution is 0.0197. The van der Waals surface area contributed by atoms with E-state index in [4.69, 9.17) is 24.1 Å². The molecule has 1 amide bonds. The van der Waals surface area contributed by atoms with Crippen LogP contribution in [0.2, 0.25) is 0 Å². The number of fused-ring (bicyclic) bond motifs is 1. The Balaban J connectivity index is 1.67. The van der Waals surface area contributed by atoms with Crippen LogP contribution in [0, 0.1) is 0 Å². The molecule has 3 aromatic heterocycles. The van der Waals surface area contributed by atoms with Crippen LogP contribution in [0.5, 0.6) is 5.88 Å². The number of oxime groups is 1. The number of aromatic nitrogens is 3. The number of amides is 1. The van der Waals surface area contributed by atoms with Gasteiger partial charge in [-0.1, -0.05) is 5.16 Å². The molecule has 4 rings (SSSR count). The fourth-order valence-corrected chi connectivity index (χ4v) is 3.84. The number of methoxy groups -OCH3 is 1. The number of ether oxygens (including phenoxy) is 2. The molecule has 1 aliphatic rings. The molecule has 32 heavy (non-hydrogen) atoms. The molecule has 0 aromatic carbocycles. The van der Waals surface area contributed by atoms with Crippen LogP contribution >= 0.6 is 0 Å². The minimum absolute atomic E-state index is 0.0411. The molecule has 4 heterocycles. The summed E-state index contributed by atoms with van der Waals surface area (Å²) in [5.41, 5.74) is 2.40. The first kappa shape index (κ1) is 21.7. The summed E-state index contributed by atoms with van der Waals surface area (Å²) in [6, 6.07) is 3.61. The molecule has 0 aliphatic carbocycles. The molecule has 10 nitrogen and oxygen atoms in total. The van der Waals surface area contributed by atoms with E-state index in [1.807, 2.05) is 26.8 Å². The van der Waals surface area contributed by atoms with E-state index in [1.54, 1.807) is 35.1 Å². The maximum absolute atomic E-state index is 12.6. The molecule has 0 spiro atoms. The summed E-state index contributed by atoms with van der Waals surface area (Å²) in [6.45, 7) is 6.77. The van der Waals surface area contributed by atoms with Crippen molar-refractivity contribution in [1.82, 2.24) is 19.5 Å². The highest BCUT2D eigenvalue weighted by molar-refractivity contribution is 5.82. The maximum Gasteiger partial charge on any atom is 0.410 e. The molecule has 3 aromatic rings. The van der Waals surface area contributed by atoms with E-state index in [1.165, 1.54) is 6.21 Å². The van der Waals surface area contributed by atoms with Crippen LogP contribution in [0.15, 0.2) is 34.2 Å². The van der Waals surface area contributed by atoms with Crippen LogP contribution in [0.25, 0.3) is 16.8 Å². The Bertz CT molecular complexity index is 1140. The van der Waals surface area contributed by atoms with E-state index in [2.05, 4.69) is 10.3 Å². The number of furan rings is 1. The van der Waals surface area contributed by atoms with Crippen LogP contribution < -0.4 is 4.74 Å². The molecule has 1 aliphatic heterocycles. The van der Waals surface area contributed by atoms with E-state index >= 15 is 0 Å². The molecule has 1 fully saturated rings. The van der Waals surface area contributed by atoms with Gasteiger partial charge in [-0.2, -0.15) is 9.61 Å². The van der Waals surface area contributed by atoms with E-state index in [0.29, 0.717) is 30.4 Å². The molecular formula is C22H27N5O5. The smallest absolute Gasteiger partial charge is 0.410 e. The highest BCUT2D eigenvalue weighted by atomic mass is 16.6. The van der Waals surface area contributed by atoms with Gasteiger partial charge in [-0.05, 0) is 39.7 Å². The predicted molar refractivity (Wildman–Crippen MR) is 116 cm³/mol. The number of likely N-dealkylation sites (tertiary alicyclic amines) is 1. The molecule has 0 bridgehead atoms. The fourth-order valence-electron chi connectivity index (χ4n) is 3.84. The van der Waals surface area contributed by atoms with Crippen molar-refractivity contribution in [2.75, 3.05) is 20.2 Å². The Morgan fingerprint density at radius 1 is 1.38 bits per heavy atom. The number of piperidine rings is 1. The van der Waals surface area contributed by atoms with Gasteiger partial charge in [0.05, 0.1) is 25.3 Å². The third-order valence-electron chi connectivity index (χ3n) is 5.28. The van der Waals surface area contributed by atoms with Crippen LogP contribution in [-0.2, 0) is 4.74 Å². The highest BCUT2D eigenvalue weighted by Gasteiger charge is 2.30. The van der Waals surface area contributed by atoms with Crippen molar-refractivity contribution >= 4 is 18.0 Å². The van der Waals surface area contributed by atoms with Gasteiger partial charge in [-0.3, -0.25) is 0 Å². The molecule has 1 unspecified atom stereocenters. The molecule has 170 valence electrons. The largest absolute Gasteiger partial charge is 0.481 e. The second kappa shape index (κ2) is 8.52. The molecule has 1 saturated heterocycles. The molecule has 0 radical (unpaired) electrons. The van der Waals surface area contributed by atoms with Gasteiger partial charge in [0, 0.05) is 36.2 Å². The van der Waals surface area contributed by atoms with Crippen molar-refractivity contribution in [3.05, 3.63) is 36.0 Å². The second-order valence-electron chi connectivity index (χ2n) is 8.76. The Kier molecular flexibility index (Phi) is 5.77. The summed E-state index contributed by atoms with van der Waals surface area (Å²) in [7, 11) is 1.58. The SMILES string of the molecule is COc1cc(C2CCCN(C(=O)OC(C)(C)C)C2)nc2c(-c3coc(/C=N\O)c3)cnn12. The van der Waals surface area contributed by atoms with Crippen LogP contribution in [0.3, 0.4) is 0 Å². The van der Waals surface area contributed by atoms with Crippen molar-refractivity contribution in [2.24, 2.45) is 5.16 Å². The summed E-state index contributed by atoms with van der Waals surface area (Å²) >= 11 is 0. The van der Waals surface area contributed by atoms with Crippen molar-refractivity contribution in [1.29, 1.82) is 0 Å². The number of carbonyl (C=O) groups is 1. The Labute approximate surface area is 185 Å². The van der Waals surface area contributed by atoms with E-state index < -0.39 is 5.60 Å². The van der Waals surface area contributed by atoms with Crippen molar-refractivity contribution in [2.45, 2.75) is 45.1 Å². The average molecular weight is 441 g/mol. The Morgan fingerprint density at radius 3 is 2.91 bits per heavy atom. The van der Waals surface area contributed by atoms with Gasteiger partial charge < -0.3 is 24.0 Å². The lowest BCUT2D eigenvalue weighted by Crippen LogP contribution is -2.42. The fraction of sp³-hybridized carbons (Fsp3) is 0.455. The van der Waals surface area contributed by atoms with Gasteiger partial charge in [-0.15, -0.1) is 0 Å². The Hall–Kier alpha value is -3.56. The van der Waals surface area contributed by atoms with Crippen molar-refractivity contribution in [3.63, 3.8) is 0 Å². The van der Waals surface area contributed by atoms with Crippen molar-refractivity contribution < 1.29 is 23.9 Å². The molecule has 10 heteroatoms. The highest BCUT2D eigenvalue weighted by Crippen LogP contribution is 2.32. The van der Waals surface area contributed by atoms with Gasteiger partial charge in [-0.25, -0.2) is 9.78 Å². The first-order valence-electron chi connectivity index (χ1n) is 10.5. The number of rotatable bonds is 4. The first-order chi connectivity index (χ1) is 15.3. The van der Waals surface area contributed by atoms with Gasteiger partial charge in [0.25, 0.3) is 0 Å². The third-order valence-corrected chi connectivity index (χ3v) is 5.28. The molecular weight excluding hydrogens is 414 g/mol. The van der Waals surface area contributed by atoms with Gasteiger partial charge in [0.1, 0.15) is 17.6 Å². The second-order valence-corrected chi connectivity index (χ2v) is 8.76. The van der Waals surface area contributed by atoms with Crippen LogP contribution in [0.1, 0.15) is 51.0 Å². The zero-order chi connectivity index (χ0) is 22.9. The summed E-state index contributed by atoms with van der Waals surface area (Å²) in [4.78, 5) is 19.2. The quantitative estimate of drug-likeness (QED) is 0.371. The monoisotopic (exact) mass is 441 g/mol. The predicted octanol–water partition coefficient (Wildman–Crippen LogP) is 3.92. The number of hydrogen-bond donors (Lipinski definition) is 1. The molecule has 0 saturated carbocycles. The number of carbonyl (C=O) groups excluding carboxylic acids is 1. The van der Waals surface area contributed by atoms with Gasteiger partial charge in [0.15, 0.2) is 5.65 Å². The lowest BCUT2D eigenvalue weighted by Gasteiger charge is -2.34. The zero-order valence-corrected chi connectivity index (χ0v) is 18.6. The average Bonchev–Trinajstić information content (AvgIpc) is 3.39. The minimum atomic E-state index is -0.541. The van der Waals surface area contributed by atoms with E-state index in [9.17, 15) is 4.79 Å². The summed E-state index contributed by atoms with van der Waals surface area (Å²) in [6.07, 6.45) is 5.90. The first-order valence-corrected chi connectivity index (χ1v) is 10.5. The minimum Gasteiger partial charge on any atom is -0.481 e. The van der Waals surface area contributed by atoms with Crippen molar-refractivity contribution in [3.8, 4) is 17.0 Å². The van der Waals surface area contributed by atoms with E-state index in [0.717, 1.165) is 29.7 Å². The van der Waals surface area contributed by atoms with Crippen LogP contribution in [-0.4, -0.2) is 62.8 Å². The van der Waals surface area contributed by atoms with E-state index in [-0.39, 0.29) is 12.0 Å². The van der Waals surface area contributed by atoms with Gasteiger partial charge in [0.2, 0.25) is 5.88 Å². The topological polar surface area (TPSA) is 115 Å². The van der Waals surface area contributed by atoms with Crippen LogP contribution in [0.4, 0.5) is 4.79 Å². The Morgan fingerprint density at radius 2 is 2.19 bits per heavy atom.